The van der Waals surface area contributed by atoms with E-state index in [1.165, 1.54) is 0 Å². The van der Waals surface area contributed by atoms with Crippen molar-refractivity contribution in [2.75, 3.05) is 13.2 Å². The summed E-state index contributed by atoms with van der Waals surface area (Å²) in [6, 6.07) is 0. The molecule has 0 unspecified atom stereocenters. The van der Waals surface area contributed by atoms with Crippen LogP contribution in [0.2, 0.25) is 0 Å². The van der Waals surface area contributed by atoms with E-state index in [9.17, 15) is 0 Å². The Bertz CT molecular complexity index is 300. The summed E-state index contributed by atoms with van der Waals surface area (Å²) in [7, 11) is 0. The average molecular weight is 266 g/mol. The van der Waals surface area contributed by atoms with Gasteiger partial charge in [-0.15, -0.1) is 0 Å². The van der Waals surface area contributed by atoms with Crippen LogP contribution >= 0.6 is 0 Å². The summed E-state index contributed by atoms with van der Waals surface area (Å²) >= 11 is 0. The van der Waals surface area contributed by atoms with Crippen LogP contribution in [0.5, 0.6) is 0 Å². The van der Waals surface area contributed by atoms with Crippen molar-refractivity contribution < 1.29 is 9.47 Å². The van der Waals surface area contributed by atoms with Gasteiger partial charge in [0.1, 0.15) is 0 Å². The van der Waals surface area contributed by atoms with Gasteiger partial charge in [0.15, 0.2) is 11.5 Å². The van der Waals surface area contributed by atoms with Crippen molar-refractivity contribution in [2.45, 2.75) is 59.8 Å². The highest BCUT2D eigenvalue weighted by Crippen LogP contribution is 2.18. The second kappa shape index (κ2) is 11.9. The van der Waals surface area contributed by atoms with E-state index in [2.05, 4.69) is 39.5 Å². The van der Waals surface area contributed by atoms with Gasteiger partial charge in [-0.25, -0.2) is 0 Å². The highest BCUT2D eigenvalue weighted by molar-refractivity contribution is 5.30. The number of hydrogen-bond donors (Lipinski definition) is 0. The Balaban J connectivity index is 4.64. The molecule has 0 aromatic heterocycles. The second-order valence-corrected chi connectivity index (χ2v) is 4.65. The zero-order valence-corrected chi connectivity index (χ0v) is 13.1. The Morgan fingerprint density at radius 2 is 1.58 bits per heavy atom. The maximum atomic E-state index is 5.84. The van der Waals surface area contributed by atoms with E-state index < -0.39 is 0 Å². The fraction of sp³-hybridized carbons (Fsp3) is 0.647. The smallest absolute Gasteiger partial charge is 0.163 e. The lowest BCUT2D eigenvalue weighted by Crippen LogP contribution is -2.04. The third kappa shape index (κ3) is 8.52. The van der Waals surface area contributed by atoms with Gasteiger partial charge in [0, 0.05) is 0 Å². The predicted octanol–water partition coefficient (Wildman–Crippen LogP) is 5.37. The number of ether oxygens (including phenoxy) is 2. The summed E-state index contributed by atoms with van der Waals surface area (Å²) in [5.74, 6) is 1.46. The zero-order chi connectivity index (χ0) is 14.5. The van der Waals surface area contributed by atoms with Gasteiger partial charge in [-0.2, -0.15) is 0 Å². The average Bonchev–Trinajstić information content (AvgIpc) is 2.41. The van der Waals surface area contributed by atoms with Crippen molar-refractivity contribution in [1.82, 2.24) is 0 Å². The molecule has 2 nitrogen and oxygen atoms in total. The van der Waals surface area contributed by atoms with E-state index >= 15 is 0 Å². The normalized spacial score (nSPS) is 12.4. The number of unbranched alkanes of at least 4 members (excludes halogenated alkanes) is 2. The van der Waals surface area contributed by atoms with Crippen molar-refractivity contribution in [2.24, 2.45) is 0 Å². The third-order valence-electron chi connectivity index (χ3n) is 2.73. The van der Waals surface area contributed by atoms with Crippen LogP contribution < -0.4 is 0 Å². The monoisotopic (exact) mass is 266 g/mol. The number of allylic oxidation sites excluding steroid dienone is 3. The molecule has 0 fully saturated rings. The molecule has 0 aromatic rings. The first kappa shape index (κ1) is 17.8. The first-order chi connectivity index (χ1) is 9.17. The minimum atomic E-state index is 0.655. The molecule has 0 heterocycles. The van der Waals surface area contributed by atoms with E-state index in [0.717, 1.165) is 50.0 Å². The van der Waals surface area contributed by atoms with Crippen LogP contribution in [0.1, 0.15) is 59.8 Å². The summed E-state index contributed by atoms with van der Waals surface area (Å²) in [6.07, 6.45) is 9.57. The van der Waals surface area contributed by atoms with Gasteiger partial charge in [-0.1, -0.05) is 52.3 Å². The van der Waals surface area contributed by atoms with Crippen LogP contribution in [0.3, 0.4) is 0 Å². The minimum Gasteiger partial charge on any atom is -0.490 e. The van der Waals surface area contributed by atoms with Crippen LogP contribution in [0.25, 0.3) is 0 Å². The van der Waals surface area contributed by atoms with E-state index in [4.69, 9.17) is 9.47 Å². The van der Waals surface area contributed by atoms with E-state index in [-0.39, 0.29) is 0 Å². The quantitative estimate of drug-likeness (QED) is 0.284. The Kier molecular flexibility index (Phi) is 11.1. The van der Waals surface area contributed by atoms with Crippen LogP contribution in [-0.2, 0) is 9.47 Å². The van der Waals surface area contributed by atoms with Crippen molar-refractivity contribution in [3.05, 3.63) is 35.8 Å². The molecule has 0 N–H and O–H groups in total. The molecular formula is C17H30O2. The Labute approximate surface area is 119 Å². The molecule has 0 atom stereocenters. The van der Waals surface area contributed by atoms with Gasteiger partial charge in [0.25, 0.3) is 0 Å². The largest absolute Gasteiger partial charge is 0.490 e. The molecule has 0 rings (SSSR count). The van der Waals surface area contributed by atoms with Gasteiger partial charge in [0.2, 0.25) is 0 Å². The zero-order valence-electron chi connectivity index (χ0n) is 13.1. The maximum Gasteiger partial charge on any atom is 0.163 e. The minimum absolute atomic E-state index is 0.655. The Morgan fingerprint density at radius 3 is 2.11 bits per heavy atom. The summed E-state index contributed by atoms with van der Waals surface area (Å²) in [5.41, 5.74) is 1.08. The highest BCUT2D eigenvalue weighted by Gasteiger charge is 2.08. The second-order valence-electron chi connectivity index (χ2n) is 4.65. The van der Waals surface area contributed by atoms with E-state index in [1.807, 2.05) is 6.92 Å². The van der Waals surface area contributed by atoms with Crippen molar-refractivity contribution in [3.8, 4) is 0 Å². The fourth-order valence-corrected chi connectivity index (χ4v) is 1.51. The molecule has 0 aromatic carbocycles. The van der Waals surface area contributed by atoms with Gasteiger partial charge in [-0.05, 0) is 31.8 Å². The lowest BCUT2D eigenvalue weighted by Gasteiger charge is -2.15. The molecular weight excluding hydrogens is 236 g/mol. The van der Waals surface area contributed by atoms with E-state index in [1.54, 1.807) is 0 Å². The molecule has 0 aliphatic carbocycles. The number of rotatable bonds is 11. The predicted molar refractivity (Wildman–Crippen MR) is 83.0 cm³/mol. The van der Waals surface area contributed by atoms with Gasteiger partial charge in [-0.3, -0.25) is 0 Å². The van der Waals surface area contributed by atoms with Crippen LogP contribution in [0, 0.1) is 0 Å². The lowest BCUT2D eigenvalue weighted by atomic mass is 10.2. The standard InChI is InChI=1S/C17H30O2/c1-6-9-12-15(4)17(19-14-11-8-3)16(5)18-13-10-7-2/h9,12H,5-8,10-11,13-14H2,1-4H3/b12-9-,17-15+. The SMILES string of the molecule is C=C(OCCCC)/C(OCCCC)=C(C)\C=C/CC. The molecule has 0 saturated carbocycles. The summed E-state index contributed by atoms with van der Waals surface area (Å²) in [4.78, 5) is 0. The first-order valence-electron chi connectivity index (χ1n) is 7.49. The topological polar surface area (TPSA) is 18.5 Å². The molecule has 110 valence electrons. The maximum absolute atomic E-state index is 5.84. The van der Waals surface area contributed by atoms with Crippen LogP contribution in [0.4, 0.5) is 0 Å². The van der Waals surface area contributed by atoms with Crippen LogP contribution in [-0.4, -0.2) is 13.2 Å². The Morgan fingerprint density at radius 1 is 1.00 bits per heavy atom. The molecule has 0 saturated heterocycles. The molecule has 0 radical (unpaired) electrons. The number of hydrogen-bond acceptors (Lipinski definition) is 2. The summed E-state index contributed by atoms with van der Waals surface area (Å²) < 4.78 is 11.5. The lowest BCUT2D eigenvalue weighted by molar-refractivity contribution is 0.146. The van der Waals surface area contributed by atoms with Crippen molar-refractivity contribution in [1.29, 1.82) is 0 Å². The van der Waals surface area contributed by atoms with Gasteiger partial charge in [0.05, 0.1) is 13.2 Å². The molecule has 0 spiro atoms. The first-order valence-corrected chi connectivity index (χ1v) is 7.49. The highest BCUT2D eigenvalue weighted by atomic mass is 16.5. The fourth-order valence-electron chi connectivity index (χ4n) is 1.51. The molecule has 19 heavy (non-hydrogen) atoms. The summed E-state index contributed by atoms with van der Waals surface area (Å²) in [5, 5.41) is 0. The van der Waals surface area contributed by atoms with Crippen molar-refractivity contribution >= 4 is 0 Å². The van der Waals surface area contributed by atoms with Gasteiger partial charge < -0.3 is 9.47 Å². The third-order valence-corrected chi connectivity index (χ3v) is 2.73. The van der Waals surface area contributed by atoms with E-state index in [0.29, 0.717) is 12.4 Å². The molecule has 2 heteroatoms. The van der Waals surface area contributed by atoms with Crippen LogP contribution in [0.15, 0.2) is 35.8 Å². The molecule has 0 aliphatic rings. The Hall–Kier alpha value is -1.18. The van der Waals surface area contributed by atoms with Crippen molar-refractivity contribution in [3.63, 3.8) is 0 Å². The van der Waals surface area contributed by atoms with Gasteiger partial charge >= 0.3 is 0 Å². The molecule has 0 bridgehead atoms. The summed E-state index contributed by atoms with van der Waals surface area (Å²) in [6.45, 7) is 13.9. The molecule has 0 aliphatic heterocycles. The molecule has 0 amide bonds.